The van der Waals surface area contributed by atoms with Crippen molar-refractivity contribution in [1.82, 2.24) is 9.97 Å². The van der Waals surface area contributed by atoms with Crippen molar-refractivity contribution in [1.29, 1.82) is 0 Å². The Hall–Kier alpha value is -2.05. The summed E-state index contributed by atoms with van der Waals surface area (Å²) in [6, 6.07) is 6.27. The number of halogens is 1. The molecule has 2 aromatic heterocycles. The first-order valence-corrected chi connectivity index (χ1v) is 12.0. The molecule has 30 heavy (non-hydrogen) atoms. The third kappa shape index (κ3) is 3.21. The molecule has 7 rings (SSSR count). The van der Waals surface area contributed by atoms with E-state index in [1.807, 2.05) is 5.38 Å². The molecule has 0 saturated heterocycles. The summed E-state index contributed by atoms with van der Waals surface area (Å²) >= 11 is 1.48. The van der Waals surface area contributed by atoms with E-state index in [-0.39, 0.29) is 11.4 Å². The minimum Gasteiger partial charge on any atom is -0.339 e. The molecule has 4 fully saturated rings. The maximum atomic E-state index is 13.2. The van der Waals surface area contributed by atoms with Gasteiger partial charge >= 0.3 is 0 Å². The van der Waals surface area contributed by atoms with Gasteiger partial charge < -0.3 is 10.3 Å². The molecule has 6 heteroatoms. The molecule has 1 aromatic carbocycles. The molecule has 0 radical (unpaired) electrons. The van der Waals surface area contributed by atoms with Crippen LogP contribution in [0.25, 0.3) is 21.3 Å². The highest BCUT2D eigenvalue weighted by atomic mass is 32.1. The van der Waals surface area contributed by atoms with E-state index in [0.29, 0.717) is 10.8 Å². The number of rotatable bonds is 5. The lowest BCUT2D eigenvalue weighted by molar-refractivity contribution is -0.685. The van der Waals surface area contributed by atoms with Gasteiger partial charge in [0.25, 0.3) is 5.56 Å². The number of hydrogen-bond donors (Lipinski definition) is 2. The Morgan fingerprint density at radius 2 is 1.77 bits per heavy atom. The highest BCUT2D eigenvalue weighted by molar-refractivity contribution is 7.17. The quantitative estimate of drug-likeness (QED) is 0.649. The van der Waals surface area contributed by atoms with Gasteiger partial charge in [0.05, 0.1) is 11.9 Å². The van der Waals surface area contributed by atoms with E-state index in [1.54, 1.807) is 12.1 Å². The largest absolute Gasteiger partial charge is 0.339 e. The lowest BCUT2D eigenvalue weighted by atomic mass is 9.49. The summed E-state index contributed by atoms with van der Waals surface area (Å²) in [7, 11) is 0. The number of nitrogens with zero attached hydrogens (tertiary/aromatic N) is 1. The molecule has 4 nitrogen and oxygen atoms in total. The van der Waals surface area contributed by atoms with Gasteiger partial charge in [-0.2, -0.15) is 0 Å². The zero-order valence-electron chi connectivity index (χ0n) is 17.0. The van der Waals surface area contributed by atoms with Gasteiger partial charge in [0.1, 0.15) is 17.2 Å². The van der Waals surface area contributed by atoms with E-state index in [9.17, 15) is 9.18 Å². The Morgan fingerprint density at radius 3 is 2.43 bits per heavy atom. The van der Waals surface area contributed by atoms with Crippen molar-refractivity contribution >= 4 is 21.6 Å². The topological polar surface area (TPSA) is 62.4 Å². The van der Waals surface area contributed by atoms with Gasteiger partial charge in [-0.15, -0.1) is 11.3 Å². The fraction of sp³-hybridized carbons (Fsp3) is 0.500. The molecule has 4 bridgehead atoms. The number of aromatic amines is 1. The van der Waals surface area contributed by atoms with Crippen LogP contribution in [0.15, 0.2) is 34.4 Å². The standard InChI is InChI=1S/C24H26FN3OS/c25-18-3-1-17(2-4-18)19-12-30-23-21(19)22(29)27-20(28-23)11-26-13-24-8-14-5-15(9-24)7-16(6-14)10-24/h1-4,12,14-16,26H,5-11,13H2,(H,27,28,29)/p+1. The van der Waals surface area contributed by atoms with Crippen molar-refractivity contribution < 1.29 is 9.71 Å². The monoisotopic (exact) mass is 424 g/mol. The van der Waals surface area contributed by atoms with Gasteiger partial charge in [-0.1, -0.05) is 12.1 Å². The van der Waals surface area contributed by atoms with Gasteiger partial charge in [-0.3, -0.25) is 4.79 Å². The van der Waals surface area contributed by atoms with Gasteiger partial charge in [0.2, 0.25) is 0 Å². The average molecular weight is 425 g/mol. The molecule has 156 valence electrons. The van der Waals surface area contributed by atoms with Crippen LogP contribution in [0, 0.1) is 29.0 Å². The summed E-state index contributed by atoms with van der Waals surface area (Å²) in [4.78, 5) is 21.3. The molecule has 0 atom stereocenters. The lowest BCUT2D eigenvalue weighted by Crippen LogP contribution is -2.86. The highest BCUT2D eigenvalue weighted by Gasteiger charge is 2.51. The number of thiophene rings is 1. The molecular weight excluding hydrogens is 397 g/mol. The van der Waals surface area contributed by atoms with Crippen LogP contribution in [0.2, 0.25) is 0 Å². The lowest BCUT2D eigenvalue weighted by Gasteiger charge is -2.55. The van der Waals surface area contributed by atoms with Crippen LogP contribution in [0.4, 0.5) is 4.39 Å². The van der Waals surface area contributed by atoms with Crippen molar-refractivity contribution in [2.24, 2.45) is 23.2 Å². The van der Waals surface area contributed by atoms with Crippen molar-refractivity contribution in [3.63, 3.8) is 0 Å². The van der Waals surface area contributed by atoms with Crippen molar-refractivity contribution in [2.45, 2.75) is 45.1 Å². The molecule has 3 N–H and O–H groups in total. The molecule has 0 aliphatic heterocycles. The second kappa shape index (κ2) is 6.99. The first kappa shape index (κ1) is 18.7. The van der Waals surface area contributed by atoms with Crippen molar-refractivity contribution in [3.05, 3.63) is 51.6 Å². The Morgan fingerprint density at radius 1 is 1.10 bits per heavy atom. The SMILES string of the molecule is O=c1[nH]c(C[NH2+]CC23CC4CC(CC(C4)C2)C3)nc2scc(-c3ccc(F)cc3)c12. The number of nitrogens with two attached hydrogens (primary N) is 1. The second-order valence-corrected chi connectivity index (χ2v) is 10.8. The number of benzene rings is 1. The third-order valence-electron chi connectivity index (χ3n) is 7.73. The Bertz CT molecular complexity index is 1110. The van der Waals surface area contributed by atoms with Crippen LogP contribution >= 0.6 is 11.3 Å². The Balaban J connectivity index is 1.20. The number of nitrogens with one attached hydrogen (secondary N) is 1. The first-order chi connectivity index (χ1) is 14.6. The van der Waals surface area contributed by atoms with Crippen LogP contribution in [0.3, 0.4) is 0 Å². The van der Waals surface area contributed by atoms with E-state index < -0.39 is 0 Å². The summed E-state index contributed by atoms with van der Waals surface area (Å²) in [6.45, 7) is 1.88. The number of H-pyrrole nitrogens is 1. The van der Waals surface area contributed by atoms with Crippen LogP contribution in [-0.2, 0) is 6.54 Å². The van der Waals surface area contributed by atoms with Crippen LogP contribution in [0.1, 0.15) is 44.3 Å². The Kier molecular flexibility index (Phi) is 4.36. The number of fused-ring (bicyclic) bond motifs is 1. The zero-order valence-corrected chi connectivity index (χ0v) is 17.8. The maximum Gasteiger partial charge on any atom is 0.260 e. The van der Waals surface area contributed by atoms with E-state index >= 15 is 0 Å². The molecule has 2 heterocycles. The molecule has 0 unspecified atom stereocenters. The summed E-state index contributed by atoms with van der Waals surface area (Å²) in [6.07, 6.45) is 8.64. The Labute approximate surface area is 178 Å². The average Bonchev–Trinajstić information content (AvgIpc) is 3.12. The fourth-order valence-electron chi connectivity index (χ4n) is 6.99. The molecule has 4 aliphatic rings. The molecule has 4 aliphatic carbocycles. The molecule has 0 spiro atoms. The first-order valence-electron chi connectivity index (χ1n) is 11.1. The predicted octanol–water partition coefficient (Wildman–Crippen LogP) is 4.07. The third-order valence-corrected chi connectivity index (χ3v) is 8.60. The number of hydrogen-bond acceptors (Lipinski definition) is 3. The smallest absolute Gasteiger partial charge is 0.260 e. The fourth-order valence-corrected chi connectivity index (χ4v) is 7.95. The molecular formula is C24H27FN3OS+. The van der Waals surface area contributed by atoms with E-state index in [1.165, 1.54) is 62.0 Å². The van der Waals surface area contributed by atoms with E-state index in [2.05, 4.69) is 10.3 Å². The molecule has 3 aromatic rings. The van der Waals surface area contributed by atoms with Crippen molar-refractivity contribution in [3.8, 4) is 11.1 Å². The van der Waals surface area contributed by atoms with Crippen LogP contribution in [0.5, 0.6) is 0 Å². The molecule has 4 saturated carbocycles. The predicted molar refractivity (Wildman–Crippen MR) is 117 cm³/mol. The van der Waals surface area contributed by atoms with Crippen LogP contribution in [-0.4, -0.2) is 16.5 Å². The number of aromatic nitrogens is 2. The number of quaternary nitrogens is 1. The highest BCUT2D eigenvalue weighted by Crippen LogP contribution is 2.59. The van der Waals surface area contributed by atoms with E-state index in [0.717, 1.165) is 52.6 Å². The van der Waals surface area contributed by atoms with Gasteiger partial charge in [-0.05, 0) is 74.0 Å². The van der Waals surface area contributed by atoms with Gasteiger partial charge in [0, 0.05) is 16.4 Å². The molecule has 0 amide bonds. The minimum atomic E-state index is -0.276. The normalized spacial score (nSPS) is 29.7. The summed E-state index contributed by atoms with van der Waals surface area (Å²) in [5, 5.41) is 4.92. The van der Waals surface area contributed by atoms with Crippen LogP contribution < -0.4 is 10.9 Å². The zero-order chi connectivity index (χ0) is 20.3. The van der Waals surface area contributed by atoms with Gasteiger partial charge in [0.15, 0.2) is 5.82 Å². The maximum absolute atomic E-state index is 13.2. The minimum absolute atomic E-state index is 0.0984. The summed E-state index contributed by atoms with van der Waals surface area (Å²) < 4.78 is 13.2. The second-order valence-electron chi connectivity index (χ2n) is 9.96. The van der Waals surface area contributed by atoms with E-state index in [4.69, 9.17) is 4.98 Å². The summed E-state index contributed by atoms with van der Waals surface area (Å²) in [5.74, 6) is 3.38. The van der Waals surface area contributed by atoms with Crippen molar-refractivity contribution in [2.75, 3.05) is 6.54 Å². The summed E-state index contributed by atoms with van der Waals surface area (Å²) in [5.41, 5.74) is 2.10. The van der Waals surface area contributed by atoms with Gasteiger partial charge in [-0.25, -0.2) is 9.37 Å².